The van der Waals surface area contributed by atoms with E-state index in [1.807, 2.05) is 7.05 Å². The molecule has 2 unspecified atom stereocenters. The van der Waals surface area contributed by atoms with Crippen LogP contribution in [0.2, 0.25) is 0 Å². The summed E-state index contributed by atoms with van der Waals surface area (Å²) in [5.41, 5.74) is 6.23. The van der Waals surface area contributed by atoms with Gasteiger partial charge in [-0.15, -0.1) is 0 Å². The third-order valence-corrected chi connectivity index (χ3v) is 4.67. The number of rotatable bonds is 4. The van der Waals surface area contributed by atoms with E-state index in [9.17, 15) is 0 Å². The summed E-state index contributed by atoms with van der Waals surface area (Å²) in [6, 6.07) is 4.43. The van der Waals surface area contributed by atoms with Gasteiger partial charge in [0.1, 0.15) is 0 Å². The highest BCUT2D eigenvalue weighted by atomic mass is 14.9. The van der Waals surface area contributed by atoms with Crippen molar-refractivity contribution in [2.75, 3.05) is 7.05 Å². The molecule has 4 heteroatoms. The van der Waals surface area contributed by atoms with Crippen molar-refractivity contribution in [1.29, 1.82) is 0 Å². The van der Waals surface area contributed by atoms with Gasteiger partial charge >= 0.3 is 0 Å². The van der Waals surface area contributed by atoms with Crippen LogP contribution in [-0.4, -0.2) is 22.0 Å². The van der Waals surface area contributed by atoms with Crippen molar-refractivity contribution in [2.45, 2.75) is 51.5 Å². The Labute approximate surface area is 126 Å². The number of pyridine rings is 1. The average Bonchev–Trinajstić information content (AvgIpc) is 2.92. The van der Waals surface area contributed by atoms with Crippen LogP contribution in [0.1, 0.15) is 59.9 Å². The van der Waals surface area contributed by atoms with Crippen LogP contribution in [0, 0.1) is 6.92 Å². The van der Waals surface area contributed by atoms with E-state index >= 15 is 0 Å². The summed E-state index contributed by atoms with van der Waals surface area (Å²) >= 11 is 0. The highest BCUT2D eigenvalue weighted by Gasteiger charge is 2.29. The Morgan fingerprint density at radius 3 is 3.00 bits per heavy atom. The molecule has 2 N–H and O–H groups in total. The minimum absolute atomic E-state index is 0.434. The Morgan fingerprint density at radius 1 is 1.43 bits per heavy atom. The Kier molecular flexibility index (Phi) is 4.06. The van der Waals surface area contributed by atoms with E-state index in [4.69, 9.17) is 4.98 Å². The zero-order valence-electron chi connectivity index (χ0n) is 13.1. The molecule has 0 spiro atoms. The summed E-state index contributed by atoms with van der Waals surface area (Å²) in [7, 11) is 1.97. The van der Waals surface area contributed by atoms with E-state index in [0.29, 0.717) is 11.8 Å². The maximum atomic E-state index is 4.95. The lowest BCUT2D eigenvalue weighted by molar-refractivity contribution is 0.466. The van der Waals surface area contributed by atoms with Crippen LogP contribution in [0.25, 0.3) is 0 Å². The van der Waals surface area contributed by atoms with Crippen molar-refractivity contribution in [3.63, 3.8) is 0 Å². The minimum atomic E-state index is 0.434. The van der Waals surface area contributed by atoms with Crippen LogP contribution in [0.5, 0.6) is 0 Å². The maximum absolute atomic E-state index is 4.95. The van der Waals surface area contributed by atoms with Gasteiger partial charge < -0.3 is 10.3 Å². The summed E-state index contributed by atoms with van der Waals surface area (Å²) in [5, 5.41) is 3.19. The lowest BCUT2D eigenvalue weighted by Crippen LogP contribution is -2.19. The second kappa shape index (κ2) is 5.98. The number of H-pyrrole nitrogens is 1. The van der Waals surface area contributed by atoms with Gasteiger partial charge in [-0.3, -0.25) is 4.98 Å². The van der Waals surface area contributed by atoms with E-state index in [1.54, 1.807) is 6.33 Å². The molecule has 2 heterocycles. The molecular formula is C17H24N4. The predicted octanol–water partition coefficient (Wildman–Crippen LogP) is 3.06. The van der Waals surface area contributed by atoms with E-state index in [0.717, 1.165) is 24.4 Å². The van der Waals surface area contributed by atoms with Gasteiger partial charge in [-0.25, -0.2) is 4.98 Å². The second-order valence-electron chi connectivity index (χ2n) is 6.07. The number of nitrogens with one attached hydrogen (secondary N) is 2. The first kappa shape index (κ1) is 14.3. The van der Waals surface area contributed by atoms with E-state index < -0.39 is 0 Å². The molecule has 21 heavy (non-hydrogen) atoms. The third-order valence-electron chi connectivity index (χ3n) is 4.67. The van der Waals surface area contributed by atoms with Gasteiger partial charge in [0, 0.05) is 29.8 Å². The zero-order chi connectivity index (χ0) is 14.8. The van der Waals surface area contributed by atoms with Gasteiger partial charge in [0.25, 0.3) is 0 Å². The summed E-state index contributed by atoms with van der Waals surface area (Å²) in [5.74, 6) is 0.925. The first-order chi connectivity index (χ1) is 10.2. The molecule has 2 aromatic heterocycles. The van der Waals surface area contributed by atoms with Gasteiger partial charge in [-0.2, -0.15) is 0 Å². The minimum Gasteiger partial charge on any atom is -0.348 e. The molecule has 3 rings (SSSR count). The molecule has 0 aliphatic heterocycles. The van der Waals surface area contributed by atoms with Crippen molar-refractivity contribution < 1.29 is 0 Å². The number of fused-ring (bicyclic) bond motifs is 1. The molecule has 0 saturated heterocycles. The molecule has 0 aromatic carbocycles. The Balaban J connectivity index is 1.95. The highest BCUT2D eigenvalue weighted by Crippen LogP contribution is 2.40. The van der Waals surface area contributed by atoms with E-state index in [2.05, 4.69) is 41.3 Å². The lowest BCUT2D eigenvalue weighted by atomic mass is 9.77. The van der Waals surface area contributed by atoms with Gasteiger partial charge in [0.05, 0.1) is 17.7 Å². The predicted molar refractivity (Wildman–Crippen MR) is 84.4 cm³/mol. The van der Waals surface area contributed by atoms with Gasteiger partial charge in [0.2, 0.25) is 0 Å². The SMILES string of the molecule is CNCc1ccc2c(n1)C(C(C)c1[nH]cnc1C)CCC2. The summed E-state index contributed by atoms with van der Waals surface area (Å²) < 4.78 is 0. The number of aryl methyl sites for hydroxylation is 2. The Hall–Kier alpha value is -1.68. The van der Waals surface area contributed by atoms with Crippen LogP contribution in [0.4, 0.5) is 0 Å². The molecule has 2 atom stereocenters. The molecule has 0 fully saturated rings. The number of hydrogen-bond donors (Lipinski definition) is 2. The number of hydrogen-bond acceptors (Lipinski definition) is 3. The van der Waals surface area contributed by atoms with Crippen molar-refractivity contribution in [3.8, 4) is 0 Å². The van der Waals surface area contributed by atoms with Crippen LogP contribution in [-0.2, 0) is 13.0 Å². The van der Waals surface area contributed by atoms with Crippen molar-refractivity contribution >= 4 is 0 Å². The second-order valence-corrected chi connectivity index (χ2v) is 6.07. The first-order valence-corrected chi connectivity index (χ1v) is 7.84. The highest BCUT2D eigenvalue weighted by molar-refractivity contribution is 5.32. The smallest absolute Gasteiger partial charge is 0.0925 e. The van der Waals surface area contributed by atoms with Crippen molar-refractivity contribution in [3.05, 3.63) is 46.8 Å². The van der Waals surface area contributed by atoms with Crippen LogP contribution in [0.15, 0.2) is 18.5 Å². The standard InChI is InChI=1S/C17H24N4/c1-11(16-12(2)19-10-20-16)15-6-4-5-13-7-8-14(9-18-3)21-17(13)15/h7-8,10-11,15,18H,4-6,9H2,1-3H3,(H,19,20). The third kappa shape index (κ3) is 2.72. The summed E-state index contributed by atoms with van der Waals surface area (Å²) in [6.07, 6.45) is 5.42. The largest absolute Gasteiger partial charge is 0.348 e. The van der Waals surface area contributed by atoms with Gasteiger partial charge in [-0.1, -0.05) is 13.0 Å². The van der Waals surface area contributed by atoms with Crippen LogP contribution < -0.4 is 5.32 Å². The quantitative estimate of drug-likeness (QED) is 0.907. The molecule has 4 nitrogen and oxygen atoms in total. The van der Waals surface area contributed by atoms with Crippen LogP contribution >= 0.6 is 0 Å². The average molecular weight is 284 g/mol. The number of aromatic amines is 1. The fourth-order valence-electron chi connectivity index (χ4n) is 3.53. The molecule has 0 saturated carbocycles. The maximum Gasteiger partial charge on any atom is 0.0925 e. The fraction of sp³-hybridized carbons (Fsp3) is 0.529. The molecule has 112 valence electrons. The molecule has 0 amide bonds. The van der Waals surface area contributed by atoms with Gasteiger partial charge in [0.15, 0.2) is 0 Å². The van der Waals surface area contributed by atoms with Crippen molar-refractivity contribution in [2.24, 2.45) is 0 Å². The molecule has 0 radical (unpaired) electrons. The molecular weight excluding hydrogens is 260 g/mol. The molecule has 1 aliphatic rings. The summed E-state index contributed by atoms with van der Waals surface area (Å²) in [6.45, 7) is 5.21. The zero-order valence-corrected chi connectivity index (χ0v) is 13.1. The Bertz CT molecular complexity index is 617. The van der Waals surface area contributed by atoms with Gasteiger partial charge in [-0.05, 0) is 44.9 Å². The molecule has 2 aromatic rings. The molecule has 0 bridgehead atoms. The number of aromatic nitrogens is 3. The summed E-state index contributed by atoms with van der Waals surface area (Å²) in [4.78, 5) is 12.6. The topological polar surface area (TPSA) is 53.6 Å². The number of imidazole rings is 1. The first-order valence-electron chi connectivity index (χ1n) is 7.84. The lowest BCUT2D eigenvalue weighted by Gasteiger charge is -2.29. The molecule has 1 aliphatic carbocycles. The van der Waals surface area contributed by atoms with Crippen molar-refractivity contribution in [1.82, 2.24) is 20.3 Å². The fourth-order valence-corrected chi connectivity index (χ4v) is 3.53. The van der Waals surface area contributed by atoms with E-state index in [-0.39, 0.29) is 0 Å². The van der Waals surface area contributed by atoms with E-state index in [1.165, 1.54) is 29.8 Å². The van der Waals surface area contributed by atoms with Crippen LogP contribution in [0.3, 0.4) is 0 Å². The Morgan fingerprint density at radius 2 is 2.29 bits per heavy atom. The monoisotopic (exact) mass is 284 g/mol. The normalized spacial score (nSPS) is 19.3. The number of nitrogens with zero attached hydrogens (tertiary/aromatic N) is 2.